The third-order valence-corrected chi connectivity index (χ3v) is 6.36. The molecule has 3 aromatic carbocycles. The molecule has 4 rings (SSSR count). The van der Waals surface area contributed by atoms with Gasteiger partial charge in [-0.15, -0.1) is 0 Å². The van der Waals surface area contributed by atoms with Gasteiger partial charge in [0, 0.05) is 12.2 Å². The van der Waals surface area contributed by atoms with Crippen LogP contribution in [-0.2, 0) is 20.7 Å². The smallest absolute Gasteiger partial charge is 0.309 e. The summed E-state index contributed by atoms with van der Waals surface area (Å²) in [6.07, 6.45) is 0.685. The van der Waals surface area contributed by atoms with Crippen LogP contribution in [0.25, 0.3) is 0 Å². The zero-order chi connectivity index (χ0) is 24.8. The molecular weight excluding hydrogens is 464 g/mol. The van der Waals surface area contributed by atoms with E-state index in [1.54, 1.807) is 36.1 Å². The van der Waals surface area contributed by atoms with Crippen LogP contribution in [-0.4, -0.2) is 30.4 Å². The number of amides is 2. The van der Waals surface area contributed by atoms with E-state index in [1.165, 1.54) is 0 Å². The van der Waals surface area contributed by atoms with E-state index in [2.05, 4.69) is 5.32 Å². The van der Waals surface area contributed by atoms with Gasteiger partial charge in [0.2, 0.25) is 0 Å². The van der Waals surface area contributed by atoms with E-state index in [0.717, 1.165) is 29.7 Å². The van der Waals surface area contributed by atoms with Gasteiger partial charge < -0.3 is 15.0 Å². The Bertz CT molecular complexity index is 1210. The van der Waals surface area contributed by atoms with E-state index in [-0.39, 0.29) is 12.3 Å². The molecule has 180 valence electrons. The van der Waals surface area contributed by atoms with Crippen LogP contribution in [0.1, 0.15) is 47.3 Å². The summed E-state index contributed by atoms with van der Waals surface area (Å²) in [4.78, 5) is 40.6. The molecule has 0 unspecified atom stereocenters. The zero-order valence-electron chi connectivity index (χ0n) is 19.4. The van der Waals surface area contributed by atoms with Crippen LogP contribution in [0.3, 0.4) is 0 Å². The van der Waals surface area contributed by atoms with Crippen LogP contribution in [0.5, 0.6) is 0 Å². The Balaban J connectivity index is 1.45. The van der Waals surface area contributed by atoms with Crippen molar-refractivity contribution in [1.29, 1.82) is 0 Å². The molecule has 0 aliphatic carbocycles. The van der Waals surface area contributed by atoms with Gasteiger partial charge in [0.05, 0.1) is 23.0 Å². The molecule has 0 saturated carbocycles. The fourth-order valence-electron chi connectivity index (χ4n) is 4.26. The van der Waals surface area contributed by atoms with E-state index in [4.69, 9.17) is 16.3 Å². The second kappa shape index (κ2) is 11.2. The number of esters is 1. The summed E-state index contributed by atoms with van der Waals surface area (Å²) in [5, 5.41) is 3.20. The Morgan fingerprint density at radius 2 is 1.66 bits per heavy atom. The third-order valence-electron chi connectivity index (χ3n) is 6.03. The molecule has 0 spiro atoms. The number of halogens is 1. The summed E-state index contributed by atoms with van der Waals surface area (Å²) in [6.45, 7) is 2.16. The molecule has 7 heteroatoms. The second-order valence-electron chi connectivity index (χ2n) is 8.47. The SMILES string of the molecule is C[C@@H](OC(=O)C[C@@H](NC(=O)c1ccccc1Cl)c1ccccc1)C(=O)N1CCCc2ccccc21. The lowest BCUT2D eigenvalue weighted by molar-refractivity contribution is -0.154. The van der Waals surface area contributed by atoms with Gasteiger partial charge in [0.1, 0.15) is 0 Å². The normalized spacial score (nSPS) is 14.4. The lowest BCUT2D eigenvalue weighted by Crippen LogP contribution is -2.43. The summed E-state index contributed by atoms with van der Waals surface area (Å²) in [7, 11) is 0. The van der Waals surface area contributed by atoms with Crippen molar-refractivity contribution in [3.63, 3.8) is 0 Å². The van der Waals surface area contributed by atoms with Crippen molar-refractivity contribution in [3.8, 4) is 0 Å². The monoisotopic (exact) mass is 490 g/mol. The molecule has 0 aromatic heterocycles. The Morgan fingerprint density at radius 3 is 2.43 bits per heavy atom. The number of ether oxygens (including phenoxy) is 1. The van der Waals surface area contributed by atoms with Gasteiger partial charge in [0.25, 0.3) is 11.8 Å². The standard InChI is InChI=1S/C28H27ClN2O4/c1-19(28(34)31-17-9-13-21-12-5-8-16-25(21)31)35-26(32)18-24(20-10-3-2-4-11-20)30-27(33)22-14-6-7-15-23(22)29/h2-8,10-12,14-16,19,24H,9,13,17-18H2,1H3,(H,30,33)/t19-,24-/m1/s1. The Hall–Kier alpha value is -3.64. The maximum Gasteiger partial charge on any atom is 0.309 e. The van der Waals surface area contributed by atoms with Gasteiger partial charge in [-0.3, -0.25) is 14.4 Å². The minimum atomic E-state index is -0.954. The van der Waals surface area contributed by atoms with Crippen molar-refractivity contribution in [3.05, 3.63) is 101 Å². The van der Waals surface area contributed by atoms with Gasteiger partial charge >= 0.3 is 5.97 Å². The van der Waals surface area contributed by atoms with Crippen molar-refractivity contribution >= 4 is 35.1 Å². The maximum absolute atomic E-state index is 13.1. The number of nitrogens with zero attached hydrogens (tertiary/aromatic N) is 1. The minimum absolute atomic E-state index is 0.131. The molecule has 35 heavy (non-hydrogen) atoms. The van der Waals surface area contributed by atoms with E-state index < -0.39 is 24.0 Å². The average molecular weight is 491 g/mol. The first-order valence-corrected chi connectivity index (χ1v) is 12.0. The van der Waals surface area contributed by atoms with E-state index in [9.17, 15) is 14.4 Å². The molecule has 2 amide bonds. The molecule has 0 saturated heterocycles. The van der Waals surface area contributed by atoms with Crippen molar-refractivity contribution in [1.82, 2.24) is 5.32 Å². The first-order valence-electron chi connectivity index (χ1n) is 11.6. The summed E-state index contributed by atoms with van der Waals surface area (Å²) < 4.78 is 5.54. The fourth-order valence-corrected chi connectivity index (χ4v) is 4.48. The lowest BCUT2D eigenvalue weighted by Gasteiger charge is -2.31. The van der Waals surface area contributed by atoms with Gasteiger partial charge in [-0.1, -0.05) is 72.3 Å². The number of rotatable bonds is 7. The Labute approximate surface area is 209 Å². The van der Waals surface area contributed by atoms with Crippen LogP contribution in [0.4, 0.5) is 5.69 Å². The molecule has 1 N–H and O–H groups in total. The van der Waals surface area contributed by atoms with Crippen LogP contribution >= 0.6 is 11.6 Å². The highest BCUT2D eigenvalue weighted by Gasteiger charge is 2.29. The van der Waals surface area contributed by atoms with Crippen LogP contribution < -0.4 is 10.2 Å². The molecule has 0 fully saturated rings. The molecule has 0 bridgehead atoms. The van der Waals surface area contributed by atoms with Gasteiger partial charge in [-0.05, 0) is 49.1 Å². The third kappa shape index (κ3) is 5.89. The number of para-hydroxylation sites is 1. The number of carbonyl (C=O) groups excluding carboxylic acids is 3. The van der Waals surface area contributed by atoms with E-state index in [0.29, 0.717) is 17.1 Å². The number of benzene rings is 3. The summed E-state index contributed by atoms with van der Waals surface area (Å²) in [6, 6.07) is 23.0. The quantitative estimate of drug-likeness (QED) is 0.467. The van der Waals surface area contributed by atoms with Crippen molar-refractivity contribution in [2.45, 2.75) is 38.3 Å². The molecule has 2 atom stereocenters. The van der Waals surface area contributed by atoms with Crippen LogP contribution in [0, 0.1) is 0 Å². The summed E-state index contributed by atoms with van der Waals surface area (Å²) >= 11 is 6.17. The number of nitrogens with one attached hydrogen (secondary N) is 1. The Morgan fingerprint density at radius 1 is 0.971 bits per heavy atom. The first-order chi connectivity index (χ1) is 16.9. The van der Waals surface area contributed by atoms with Gasteiger partial charge in [-0.2, -0.15) is 0 Å². The fraction of sp³-hybridized carbons (Fsp3) is 0.250. The second-order valence-corrected chi connectivity index (χ2v) is 8.88. The first kappa shape index (κ1) is 24.5. The van der Waals surface area contributed by atoms with Crippen molar-refractivity contribution in [2.24, 2.45) is 0 Å². The van der Waals surface area contributed by atoms with Gasteiger partial charge in [0.15, 0.2) is 6.10 Å². The highest BCUT2D eigenvalue weighted by atomic mass is 35.5. The topological polar surface area (TPSA) is 75.7 Å². The summed E-state index contributed by atoms with van der Waals surface area (Å²) in [5.74, 6) is -1.24. The number of hydrogen-bond acceptors (Lipinski definition) is 4. The molecule has 3 aromatic rings. The van der Waals surface area contributed by atoms with Crippen molar-refractivity contribution in [2.75, 3.05) is 11.4 Å². The molecule has 0 radical (unpaired) electrons. The number of anilines is 1. The lowest BCUT2D eigenvalue weighted by atomic mass is 10.0. The highest BCUT2D eigenvalue weighted by Crippen LogP contribution is 2.28. The van der Waals surface area contributed by atoms with Gasteiger partial charge in [-0.25, -0.2) is 0 Å². The predicted octanol–water partition coefficient (Wildman–Crippen LogP) is 5.11. The summed E-state index contributed by atoms with van der Waals surface area (Å²) in [5.41, 5.74) is 3.03. The number of aryl methyl sites for hydroxylation is 1. The van der Waals surface area contributed by atoms with Crippen LogP contribution in [0.2, 0.25) is 5.02 Å². The number of fused-ring (bicyclic) bond motifs is 1. The van der Waals surface area contributed by atoms with E-state index in [1.807, 2.05) is 54.6 Å². The molecular formula is C28H27ClN2O4. The molecule has 6 nitrogen and oxygen atoms in total. The predicted molar refractivity (Wildman–Crippen MR) is 135 cm³/mol. The molecule has 1 heterocycles. The maximum atomic E-state index is 13.1. The average Bonchev–Trinajstić information content (AvgIpc) is 2.88. The highest BCUT2D eigenvalue weighted by molar-refractivity contribution is 6.33. The molecule has 1 aliphatic rings. The van der Waals surface area contributed by atoms with Crippen LogP contribution in [0.15, 0.2) is 78.9 Å². The minimum Gasteiger partial charge on any atom is -0.452 e. The zero-order valence-corrected chi connectivity index (χ0v) is 20.2. The Kier molecular flexibility index (Phi) is 7.83. The molecule has 1 aliphatic heterocycles. The number of hydrogen-bond donors (Lipinski definition) is 1. The number of carbonyl (C=O) groups is 3. The van der Waals surface area contributed by atoms with E-state index >= 15 is 0 Å². The largest absolute Gasteiger partial charge is 0.452 e. The van der Waals surface area contributed by atoms with Crippen molar-refractivity contribution < 1.29 is 19.1 Å².